The molecule has 0 aliphatic carbocycles. The van der Waals surface area contributed by atoms with Crippen LogP contribution in [0.5, 0.6) is 11.5 Å². The van der Waals surface area contributed by atoms with Crippen molar-refractivity contribution in [1.82, 2.24) is 4.90 Å². The van der Waals surface area contributed by atoms with Crippen LogP contribution in [0.3, 0.4) is 0 Å². The summed E-state index contributed by atoms with van der Waals surface area (Å²) >= 11 is 0. The highest BCUT2D eigenvalue weighted by Gasteiger charge is 2.46. The summed E-state index contributed by atoms with van der Waals surface area (Å²) in [6.07, 6.45) is 0. The number of aliphatic hydroxyl groups is 1. The maximum absolute atomic E-state index is 13.4. The Labute approximate surface area is 190 Å². The van der Waals surface area contributed by atoms with Gasteiger partial charge in [-0.15, -0.1) is 0 Å². The Balaban J connectivity index is 1.86. The molecule has 168 valence electrons. The highest BCUT2D eigenvalue weighted by Crippen LogP contribution is 2.41. The molecule has 4 rings (SSSR count). The number of aryl methyl sites for hydroxylation is 1. The molecule has 1 saturated heterocycles. The molecule has 7 heteroatoms. The Kier molecular flexibility index (Phi) is 5.87. The standard InChI is InChI=1S/C26H22FNO5/c1-15-12-18(8-11-21(15)33-2)24(30)22-23(17-4-3-5-20(29)13-17)28(26(32)25(22)31)14-16-6-9-19(27)10-7-16/h3-13,23,29-30H,14H2,1-2H3/b24-22-. The number of aliphatic hydroxyl groups excluding tert-OH is 1. The summed E-state index contributed by atoms with van der Waals surface area (Å²) in [7, 11) is 1.53. The quantitative estimate of drug-likeness (QED) is 0.342. The van der Waals surface area contributed by atoms with Crippen LogP contribution in [0.1, 0.15) is 28.3 Å². The number of phenolic OH excluding ortho intramolecular Hbond substituents is 1. The maximum atomic E-state index is 13.4. The fraction of sp³-hybridized carbons (Fsp3) is 0.154. The summed E-state index contributed by atoms with van der Waals surface area (Å²) in [4.78, 5) is 27.4. The highest BCUT2D eigenvalue weighted by atomic mass is 19.1. The van der Waals surface area contributed by atoms with E-state index in [1.165, 1.54) is 48.4 Å². The van der Waals surface area contributed by atoms with Gasteiger partial charge in [-0.2, -0.15) is 0 Å². The SMILES string of the molecule is COc1ccc(/C(O)=C2/C(=O)C(=O)N(Cc3ccc(F)cc3)C2c2cccc(O)c2)cc1C. The smallest absolute Gasteiger partial charge is 0.295 e. The number of nitrogens with zero attached hydrogens (tertiary/aromatic N) is 1. The number of likely N-dealkylation sites (tertiary alicyclic amines) is 1. The molecule has 2 N–H and O–H groups in total. The molecule has 0 radical (unpaired) electrons. The topological polar surface area (TPSA) is 87.1 Å². The van der Waals surface area contributed by atoms with E-state index in [0.29, 0.717) is 22.4 Å². The van der Waals surface area contributed by atoms with Crippen molar-refractivity contribution in [2.45, 2.75) is 19.5 Å². The van der Waals surface area contributed by atoms with Gasteiger partial charge in [0.25, 0.3) is 11.7 Å². The molecule has 1 aliphatic heterocycles. The molecule has 0 saturated carbocycles. The van der Waals surface area contributed by atoms with Crippen molar-refractivity contribution >= 4 is 17.4 Å². The predicted molar refractivity (Wildman–Crippen MR) is 120 cm³/mol. The Morgan fingerprint density at radius 3 is 2.42 bits per heavy atom. The third kappa shape index (κ3) is 4.17. The fourth-order valence-corrected chi connectivity index (χ4v) is 4.05. The molecule has 0 bridgehead atoms. The van der Waals surface area contributed by atoms with Crippen LogP contribution in [0, 0.1) is 12.7 Å². The third-order valence-corrected chi connectivity index (χ3v) is 5.66. The van der Waals surface area contributed by atoms with E-state index in [4.69, 9.17) is 4.74 Å². The van der Waals surface area contributed by atoms with Gasteiger partial charge in [0.15, 0.2) is 0 Å². The van der Waals surface area contributed by atoms with Gasteiger partial charge < -0.3 is 19.8 Å². The molecule has 1 aliphatic rings. The number of benzene rings is 3. The molecular weight excluding hydrogens is 425 g/mol. The zero-order chi connectivity index (χ0) is 23.7. The van der Waals surface area contributed by atoms with E-state index in [-0.39, 0.29) is 23.6 Å². The Bertz CT molecular complexity index is 1270. The molecule has 6 nitrogen and oxygen atoms in total. The first-order chi connectivity index (χ1) is 15.8. The largest absolute Gasteiger partial charge is 0.508 e. The molecule has 3 aromatic carbocycles. The normalized spacial score (nSPS) is 17.4. The molecule has 1 amide bonds. The molecule has 1 unspecified atom stereocenters. The maximum Gasteiger partial charge on any atom is 0.295 e. The van der Waals surface area contributed by atoms with E-state index in [1.807, 2.05) is 0 Å². The van der Waals surface area contributed by atoms with Gasteiger partial charge >= 0.3 is 0 Å². The second kappa shape index (κ2) is 8.78. The monoisotopic (exact) mass is 447 g/mol. The molecule has 33 heavy (non-hydrogen) atoms. The third-order valence-electron chi connectivity index (χ3n) is 5.66. The van der Waals surface area contributed by atoms with Crippen LogP contribution in [0.15, 0.2) is 72.3 Å². The van der Waals surface area contributed by atoms with Gasteiger partial charge in [0, 0.05) is 12.1 Å². The van der Waals surface area contributed by atoms with Crippen molar-refractivity contribution in [1.29, 1.82) is 0 Å². The number of amides is 1. The minimum Gasteiger partial charge on any atom is -0.508 e. The van der Waals surface area contributed by atoms with Gasteiger partial charge in [0.05, 0.1) is 18.7 Å². The first-order valence-electron chi connectivity index (χ1n) is 10.3. The second-order valence-electron chi connectivity index (χ2n) is 7.83. The number of rotatable bonds is 5. The van der Waals surface area contributed by atoms with Crippen LogP contribution >= 0.6 is 0 Å². The van der Waals surface area contributed by atoms with Crippen molar-refractivity contribution in [3.05, 3.63) is 100 Å². The first-order valence-corrected chi connectivity index (χ1v) is 10.3. The van der Waals surface area contributed by atoms with Crippen LogP contribution in [0.4, 0.5) is 4.39 Å². The molecule has 0 spiro atoms. The summed E-state index contributed by atoms with van der Waals surface area (Å²) < 4.78 is 18.6. The lowest BCUT2D eigenvalue weighted by molar-refractivity contribution is -0.140. The van der Waals surface area contributed by atoms with Crippen molar-refractivity contribution in [2.75, 3.05) is 7.11 Å². The molecule has 1 atom stereocenters. The minimum absolute atomic E-state index is 0.0175. The summed E-state index contributed by atoms with van der Waals surface area (Å²) in [5.74, 6) is -1.79. The number of carbonyl (C=O) groups is 2. The van der Waals surface area contributed by atoms with Crippen molar-refractivity contribution < 1.29 is 28.9 Å². The predicted octanol–water partition coefficient (Wildman–Crippen LogP) is 4.47. The van der Waals surface area contributed by atoms with Crippen LogP contribution in [-0.2, 0) is 16.1 Å². The Morgan fingerprint density at radius 2 is 1.79 bits per heavy atom. The number of Topliss-reactive ketones (excluding diaryl/α,β-unsaturated/α-hetero) is 1. The number of carbonyl (C=O) groups excluding carboxylic acids is 2. The summed E-state index contributed by atoms with van der Waals surface area (Å²) in [6.45, 7) is 1.82. The van der Waals surface area contributed by atoms with E-state index >= 15 is 0 Å². The van der Waals surface area contributed by atoms with E-state index in [9.17, 15) is 24.2 Å². The average Bonchev–Trinajstić information content (AvgIpc) is 3.05. The summed E-state index contributed by atoms with van der Waals surface area (Å²) in [6, 6.07) is 15.8. The summed E-state index contributed by atoms with van der Waals surface area (Å²) in [5, 5.41) is 21.2. The number of ether oxygens (including phenoxy) is 1. The van der Waals surface area contributed by atoms with Crippen LogP contribution < -0.4 is 4.74 Å². The number of hydrogen-bond acceptors (Lipinski definition) is 5. The lowest BCUT2D eigenvalue weighted by Gasteiger charge is -2.25. The van der Waals surface area contributed by atoms with E-state index in [2.05, 4.69) is 0 Å². The van der Waals surface area contributed by atoms with E-state index < -0.39 is 23.5 Å². The number of methoxy groups -OCH3 is 1. The number of ketones is 1. The van der Waals surface area contributed by atoms with Crippen LogP contribution in [0.2, 0.25) is 0 Å². The van der Waals surface area contributed by atoms with Crippen LogP contribution in [0.25, 0.3) is 5.76 Å². The van der Waals surface area contributed by atoms with Gasteiger partial charge in [-0.3, -0.25) is 9.59 Å². The van der Waals surface area contributed by atoms with Gasteiger partial charge in [-0.25, -0.2) is 4.39 Å². The molecule has 3 aromatic rings. The molecule has 0 aromatic heterocycles. The van der Waals surface area contributed by atoms with Crippen LogP contribution in [-0.4, -0.2) is 33.9 Å². The van der Waals surface area contributed by atoms with Crippen molar-refractivity contribution in [3.63, 3.8) is 0 Å². The fourth-order valence-electron chi connectivity index (χ4n) is 4.05. The molecule has 1 fully saturated rings. The Hall–Kier alpha value is -4.13. The van der Waals surface area contributed by atoms with E-state index in [0.717, 1.165) is 5.56 Å². The zero-order valence-electron chi connectivity index (χ0n) is 18.1. The number of phenols is 1. The number of hydrogen-bond donors (Lipinski definition) is 2. The highest BCUT2D eigenvalue weighted by molar-refractivity contribution is 6.46. The van der Waals surface area contributed by atoms with Gasteiger partial charge in [0.2, 0.25) is 0 Å². The summed E-state index contributed by atoms with van der Waals surface area (Å²) in [5.41, 5.74) is 2.10. The molecular formula is C26H22FNO5. The van der Waals surface area contributed by atoms with Gasteiger partial charge in [-0.05, 0) is 66.1 Å². The van der Waals surface area contributed by atoms with Gasteiger partial charge in [-0.1, -0.05) is 24.3 Å². The van der Waals surface area contributed by atoms with Crippen molar-refractivity contribution in [2.24, 2.45) is 0 Å². The van der Waals surface area contributed by atoms with Crippen molar-refractivity contribution in [3.8, 4) is 11.5 Å². The Morgan fingerprint density at radius 1 is 1.06 bits per heavy atom. The lowest BCUT2D eigenvalue weighted by Crippen LogP contribution is -2.29. The second-order valence-corrected chi connectivity index (χ2v) is 7.83. The zero-order valence-corrected chi connectivity index (χ0v) is 18.1. The number of aromatic hydroxyl groups is 1. The first kappa shape index (κ1) is 22.1. The number of halogens is 1. The van der Waals surface area contributed by atoms with Gasteiger partial charge in [0.1, 0.15) is 23.1 Å². The average molecular weight is 447 g/mol. The lowest BCUT2D eigenvalue weighted by atomic mass is 9.94. The molecule has 1 heterocycles. The minimum atomic E-state index is -0.940. The van der Waals surface area contributed by atoms with E-state index in [1.54, 1.807) is 37.3 Å².